The summed E-state index contributed by atoms with van der Waals surface area (Å²) in [6.45, 7) is 0. The molecule has 18 heavy (non-hydrogen) atoms. The summed E-state index contributed by atoms with van der Waals surface area (Å²) in [5.41, 5.74) is 1.15. The Labute approximate surface area is 101 Å². The highest BCUT2D eigenvalue weighted by molar-refractivity contribution is 5.68. The molecule has 2 rings (SSSR count). The Morgan fingerprint density at radius 3 is 2.50 bits per heavy atom. The fraction of sp³-hybridized carbons (Fsp3) is 0.167. The molecule has 2 aromatic rings. The van der Waals surface area contributed by atoms with E-state index in [1.807, 2.05) is 0 Å². The molecule has 0 saturated heterocycles. The van der Waals surface area contributed by atoms with Gasteiger partial charge in [0, 0.05) is 17.5 Å². The van der Waals surface area contributed by atoms with E-state index in [0.29, 0.717) is 16.8 Å². The standard InChI is InChI=1S/C12H11FN2O3/c13-8-3-1-7(2-4-8)11-9(5-6-10(16)17)12(18)15-14-11/h1-4H,5-6H2,(H,16,17)(H2,14,15,18). The first-order chi connectivity index (χ1) is 8.58. The number of aliphatic carboxylic acids is 1. The van der Waals surface area contributed by atoms with E-state index in [9.17, 15) is 14.0 Å². The van der Waals surface area contributed by atoms with Gasteiger partial charge in [0.15, 0.2) is 0 Å². The number of aromatic nitrogens is 2. The molecule has 0 aliphatic rings. The van der Waals surface area contributed by atoms with Crippen LogP contribution in [0.3, 0.4) is 0 Å². The van der Waals surface area contributed by atoms with Gasteiger partial charge >= 0.3 is 5.97 Å². The third-order valence-corrected chi connectivity index (χ3v) is 2.60. The maximum Gasteiger partial charge on any atom is 0.303 e. The second-order valence-corrected chi connectivity index (χ2v) is 3.83. The molecule has 3 N–H and O–H groups in total. The zero-order valence-electron chi connectivity index (χ0n) is 9.37. The van der Waals surface area contributed by atoms with E-state index in [1.165, 1.54) is 24.3 Å². The second-order valence-electron chi connectivity index (χ2n) is 3.83. The molecule has 1 heterocycles. The topological polar surface area (TPSA) is 85.9 Å². The summed E-state index contributed by atoms with van der Waals surface area (Å²) in [4.78, 5) is 22.1. The molecule has 0 radical (unpaired) electrons. The number of aromatic amines is 2. The van der Waals surface area contributed by atoms with Crippen LogP contribution >= 0.6 is 0 Å². The smallest absolute Gasteiger partial charge is 0.303 e. The zero-order valence-corrected chi connectivity index (χ0v) is 9.37. The lowest BCUT2D eigenvalue weighted by Crippen LogP contribution is -2.08. The molecule has 0 amide bonds. The molecule has 0 fully saturated rings. The number of hydrogen-bond donors (Lipinski definition) is 3. The normalized spacial score (nSPS) is 10.5. The Morgan fingerprint density at radius 1 is 1.22 bits per heavy atom. The summed E-state index contributed by atoms with van der Waals surface area (Å²) in [5.74, 6) is -1.34. The van der Waals surface area contributed by atoms with Gasteiger partial charge in [0.1, 0.15) is 5.82 Å². The predicted octanol–water partition coefficient (Wildman–Crippen LogP) is 1.53. The van der Waals surface area contributed by atoms with Gasteiger partial charge in [-0.25, -0.2) is 4.39 Å². The number of carboxylic acids is 1. The predicted molar refractivity (Wildman–Crippen MR) is 62.8 cm³/mol. The lowest BCUT2D eigenvalue weighted by molar-refractivity contribution is -0.136. The van der Waals surface area contributed by atoms with Crippen LogP contribution in [0.5, 0.6) is 0 Å². The van der Waals surface area contributed by atoms with E-state index < -0.39 is 5.97 Å². The van der Waals surface area contributed by atoms with Crippen molar-refractivity contribution in [3.63, 3.8) is 0 Å². The molecule has 0 saturated carbocycles. The molecular weight excluding hydrogens is 239 g/mol. The number of hydrogen-bond acceptors (Lipinski definition) is 2. The van der Waals surface area contributed by atoms with Crippen molar-refractivity contribution >= 4 is 5.97 Å². The summed E-state index contributed by atoms with van der Waals surface area (Å²) in [6, 6.07) is 5.61. The monoisotopic (exact) mass is 250 g/mol. The Balaban J connectivity index is 2.36. The van der Waals surface area contributed by atoms with Crippen LogP contribution in [-0.4, -0.2) is 21.3 Å². The minimum atomic E-state index is -0.972. The minimum absolute atomic E-state index is 0.126. The Kier molecular flexibility index (Phi) is 3.27. The van der Waals surface area contributed by atoms with E-state index in [-0.39, 0.29) is 24.2 Å². The number of nitrogens with one attached hydrogen (secondary N) is 2. The quantitative estimate of drug-likeness (QED) is 0.769. The lowest BCUT2D eigenvalue weighted by atomic mass is 10.0. The number of carboxylic acid groups (broad SMARTS) is 1. The summed E-state index contributed by atoms with van der Waals surface area (Å²) in [5, 5.41) is 13.7. The van der Waals surface area contributed by atoms with E-state index in [1.54, 1.807) is 0 Å². The van der Waals surface area contributed by atoms with Gasteiger partial charge in [-0.2, -0.15) is 0 Å². The average molecular weight is 250 g/mol. The first-order valence-corrected chi connectivity index (χ1v) is 5.35. The van der Waals surface area contributed by atoms with E-state index in [2.05, 4.69) is 10.2 Å². The van der Waals surface area contributed by atoms with E-state index >= 15 is 0 Å². The average Bonchev–Trinajstić information content (AvgIpc) is 2.69. The van der Waals surface area contributed by atoms with Gasteiger partial charge in [-0.1, -0.05) is 0 Å². The maximum atomic E-state index is 12.8. The van der Waals surface area contributed by atoms with Crippen LogP contribution in [0.4, 0.5) is 4.39 Å². The van der Waals surface area contributed by atoms with Crippen molar-refractivity contribution in [2.45, 2.75) is 12.8 Å². The number of halogens is 1. The van der Waals surface area contributed by atoms with E-state index in [4.69, 9.17) is 5.11 Å². The Bertz CT molecular complexity index is 613. The van der Waals surface area contributed by atoms with Crippen molar-refractivity contribution in [2.24, 2.45) is 0 Å². The third-order valence-electron chi connectivity index (χ3n) is 2.60. The van der Waals surface area contributed by atoms with Crippen LogP contribution in [-0.2, 0) is 11.2 Å². The number of rotatable bonds is 4. The summed E-state index contributed by atoms with van der Waals surface area (Å²) < 4.78 is 12.8. The molecule has 0 bridgehead atoms. The number of H-pyrrole nitrogens is 2. The molecule has 6 heteroatoms. The molecule has 5 nitrogen and oxygen atoms in total. The van der Waals surface area contributed by atoms with Gasteiger partial charge in [-0.15, -0.1) is 0 Å². The van der Waals surface area contributed by atoms with Crippen molar-refractivity contribution in [2.75, 3.05) is 0 Å². The van der Waals surface area contributed by atoms with Gasteiger partial charge in [0.25, 0.3) is 5.56 Å². The Hall–Kier alpha value is -2.37. The largest absolute Gasteiger partial charge is 0.481 e. The van der Waals surface area contributed by atoms with Crippen molar-refractivity contribution in [1.82, 2.24) is 10.2 Å². The molecule has 0 unspecified atom stereocenters. The first-order valence-electron chi connectivity index (χ1n) is 5.35. The van der Waals surface area contributed by atoms with Gasteiger partial charge in [-0.05, 0) is 30.7 Å². The van der Waals surface area contributed by atoms with Crippen molar-refractivity contribution < 1.29 is 14.3 Å². The van der Waals surface area contributed by atoms with Crippen LogP contribution in [0.1, 0.15) is 12.0 Å². The lowest BCUT2D eigenvalue weighted by Gasteiger charge is -2.01. The molecule has 1 aromatic carbocycles. The van der Waals surface area contributed by atoms with Crippen molar-refractivity contribution in [3.8, 4) is 11.3 Å². The minimum Gasteiger partial charge on any atom is -0.481 e. The Morgan fingerprint density at radius 2 is 1.89 bits per heavy atom. The van der Waals surface area contributed by atoms with E-state index in [0.717, 1.165) is 0 Å². The molecule has 1 aromatic heterocycles. The van der Waals surface area contributed by atoms with Crippen molar-refractivity contribution in [3.05, 3.63) is 46.0 Å². The van der Waals surface area contributed by atoms with Gasteiger partial charge < -0.3 is 5.11 Å². The summed E-state index contributed by atoms with van der Waals surface area (Å²) in [6.07, 6.45) is -0.00396. The van der Waals surface area contributed by atoms with Crippen LogP contribution in [0.15, 0.2) is 29.1 Å². The van der Waals surface area contributed by atoms with Crippen LogP contribution in [0, 0.1) is 5.82 Å². The fourth-order valence-corrected chi connectivity index (χ4v) is 1.72. The second kappa shape index (κ2) is 4.87. The molecule has 94 valence electrons. The molecular formula is C12H11FN2O3. The maximum absolute atomic E-state index is 12.8. The van der Waals surface area contributed by atoms with Gasteiger partial charge in [0.2, 0.25) is 0 Å². The zero-order chi connectivity index (χ0) is 13.1. The number of carbonyl (C=O) groups is 1. The van der Waals surface area contributed by atoms with Crippen LogP contribution < -0.4 is 5.56 Å². The van der Waals surface area contributed by atoms with Crippen molar-refractivity contribution in [1.29, 1.82) is 0 Å². The molecule has 0 aliphatic carbocycles. The SMILES string of the molecule is O=C(O)CCc1c(-c2ccc(F)cc2)[nH][nH]c1=O. The first kappa shape index (κ1) is 12.1. The highest BCUT2D eigenvalue weighted by Gasteiger charge is 2.13. The highest BCUT2D eigenvalue weighted by Crippen LogP contribution is 2.20. The summed E-state index contributed by atoms with van der Waals surface area (Å²) in [7, 11) is 0. The van der Waals surface area contributed by atoms with Gasteiger partial charge in [-0.3, -0.25) is 19.8 Å². The molecule has 0 atom stereocenters. The summed E-state index contributed by atoms with van der Waals surface area (Å²) >= 11 is 0. The third kappa shape index (κ3) is 2.48. The van der Waals surface area contributed by atoms with Crippen LogP contribution in [0.2, 0.25) is 0 Å². The highest BCUT2D eigenvalue weighted by atomic mass is 19.1. The molecule has 0 aliphatic heterocycles. The number of benzene rings is 1. The fourth-order valence-electron chi connectivity index (χ4n) is 1.72. The van der Waals surface area contributed by atoms with Crippen LogP contribution in [0.25, 0.3) is 11.3 Å². The van der Waals surface area contributed by atoms with Gasteiger partial charge in [0.05, 0.1) is 5.69 Å². The molecule has 0 spiro atoms.